The number of aromatic hydroxyl groups is 1. The van der Waals surface area contributed by atoms with Crippen LogP contribution >= 0.6 is 0 Å². The lowest BCUT2D eigenvalue weighted by molar-refractivity contribution is -0.140. The molecule has 1 aromatic rings. The van der Waals surface area contributed by atoms with Gasteiger partial charge in [-0.3, -0.25) is 9.59 Å². The molecule has 0 spiro atoms. The molecule has 104 valence electrons. The number of nitrogens with one attached hydrogen (secondary N) is 1. The Balaban J connectivity index is 2.58. The summed E-state index contributed by atoms with van der Waals surface area (Å²) < 4.78 is 26.0. The molecule has 19 heavy (non-hydrogen) atoms. The normalized spacial score (nSPS) is 11.9. The molecule has 0 unspecified atom stereocenters. The number of rotatable bonds is 5. The van der Waals surface area contributed by atoms with Crippen molar-refractivity contribution in [2.45, 2.75) is 19.0 Å². The molecule has 0 saturated carbocycles. The van der Waals surface area contributed by atoms with Gasteiger partial charge in [-0.15, -0.1) is 0 Å². The minimum atomic E-state index is -1.34. The van der Waals surface area contributed by atoms with Gasteiger partial charge in [-0.1, -0.05) is 0 Å². The third kappa shape index (κ3) is 4.18. The van der Waals surface area contributed by atoms with Gasteiger partial charge in [0.15, 0.2) is 17.4 Å². The second-order valence-electron chi connectivity index (χ2n) is 3.83. The molecule has 1 rings (SSSR count). The van der Waals surface area contributed by atoms with Crippen molar-refractivity contribution in [3.05, 3.63) is 29.3 Å². The van der Waals surface area contributed by atoms with Gasteiger partial charge in [0.05, 0.1) is 6.42 Å². The van der Waals surface area contributed by atoms with Crippen LogP contribution in [-0.2, 0) is 16.1 Å². The SMILES string of the molecule is N[C@@H](CC(=O)NCc1cc(F)c(O)c(F)c1)C(=O)O. The van der Waals surface area contributed by atoms with Crippen molar-refractivity contribution in [2.24, 2.45) is 5.73 Å². The van der Waals surface area contributed by atoms with Crippen LogP contribution in [0.15, 0.2) is 12.1 Å². The van der Waals surface area contributed by atoms with Crippen molar-refractivity contribution >= 4 is 11.9 Å². The molecule has 6 nitrogen and oxygen atoms in total. The molecular formula is C11H12F2N2O4. The Morgan fingerprint density at radius 1 is 1.32 bits per heavy atom. The van der Waals surface area contributed by atoms with Crippen LogP contribution in [0, 0.1) is 11.6 Å². The summed E-state index contributed by atoms with van der Waals surface area (Å²) in [5, 5.41) is 19.6. The fourth-order valence-corrected chi connectivity index (χ4v) is 1.28. The number of aliphatic carboxylic acids is 1. The molecule has 5 N–H and O–H groups in total. The molecule has 1 atom stereocenters. The minimum absolute atomic E-state index is 0.0880. The second-order valence-corrected chi connectivity index (χ2v) is 3.83. The predicted octanol–water partition coefficient (Wildman–Crippen LogP) is 0.0886. The Labute approximate surface area is 106 Å². The number of carbonyl (C=O) groups is 2. The zero-order valence-electron chi connectivity index (χ0n) is 9.69. The van der Waals surface area contributed by atoms with Crippen molar-refractivity contribution in [1.82, 2.24) is 5.32 Å². The summed E-state index contributed by atoms with van der Waals surface area (Å²) in [6.45, 7) is -0.209. The van der Waals surface area contributed by atoms with Crippen molar-refractivity contribution in [3.8, 4) is 5.75 Å². The van der Waals surface area contributed by atoms with Crippen LogP contribution in [0.25, 0.3) is 0 Å². The number of carbonyl (C=O) groups excluding carboxylic acids is 1. The first-order chi connectivity index (χ1) is 8.81. The van der Waals surface area contributed by atoms with Gasteiger partial charge in [0.2, 0.25) is 5.91 Å². The highest BCUT2D eigenvalue weighted by Crippen LogP contribution is 2.21. The van der Waals surface area contributed by atoms with Crippen LogP contribution in [0.5, 0.6) is 5.75 Å². The molecule has 0 radical (unpaired) electrons. The van der Waals surface area contributed by atoms with Crippen molar-refractivity contribution in [2.75, 3.05) is 0 Å². The summed E-state index contributed by atoms with van der Waals surface area (Å²) in [5.41, 5.74) is 5.23. The van der Waals surface area contributed by atoms with Crippen molar-refractivity contribution in [3.63, 3.8) is 0 Å². The number of phenolic OH excluding ortho intramolecular Hbond substituents is 1. The smallest absolute Gasteiger partial charge is 0.321 e. The quantitative estimate of drug-likeness (QED) is 0.607. The van der Waals surface area contributed by atoms with Gasteiger partial charge in [0.25, 0.3) is 0 Å². The van der Waals surface area contributed by atoms with Crippen LogP contribution < -0.4 is 11.1 Å². The standard InChI is InChI=1S/C11H12F2N2O4/c12-6-1-5(2-7(13)10(6)17)4-15-9(16)3-8(14)11(18)19/h1-2,8,17H,3-4,14H2,(H,15,16)(H,18,19)/t8-/m0/s1. The van der Waals surface area contributed by atoms with E-state index in [0.717, 1.165) is 12.1 Å². The first-order valence-electron chi connectivity index (χ1n) is 5.23. The van der Waals surface area contributed by atoms with Gasteiger partial charge >= 0.3 is 5.97 Å². The summed E-state index contributed by atoms with van der Waals surface area (Å²) in [4.78, 5) is 21.7. The molecule has 0 bridgehead atoms. The van der Waals surface area contributed by atoms with Gasteiger partial charge in [0.1, 0.15) is 6.04 Å². The fraction of sp³-hybridized carbons (Fsp3) is 0.273. The number of carboxylic acids is 1. The summed E-state index contributed by atoms with van der Waals surface area (Å²) >= 11 is 0. The highest BCUT2D eigenvalue weighted by Gasteiger charge is 2.16. The van der Waals surface area contributed by atoms with Crippen LogP contribution in [0.1, 0.15) is 12.0 Å². The van der Waals surface area contributed by atoms with E-state index in [1.807, 2.05) is 0 Å². The fourth-order valence-electron chi connectivity index (χ4n) is 1.28. The third-order valence-corrected chi connectivity index (χ3v) is 2.29. The Morgan fingerprint density at radius 2 is 1.84 bits per heavy atom. The van der Waals surface area contributed by atoms with Crippen LogP contribution in [0.4, 0.5) is 8.78 Å². The molecular weight excluding hydrogens is 262 g/mol. The van der Waals surface area contributed by atoms with Crippen LogP contribution in [-0.4, -0.2) is 28.1 Å². The summed E-state index contributed by atoms with van der Waals surface area (Å²) in [6.07, 6.45) is -0.446. The van der Waals surface area contributed by atoms with E-state index in [0.29, 0.717) is 0 Å². The van der Waals surface area contributed by atoms with E-state index in [2.05, 4.69) is 5.32 Å². The highest BCUT2D eigenvalue weighted by molar-refractivity contribution is 5.84. The van der Waals surface area contributed by atoms with E-state index in [-0.39, 0.29) is 12.1 Å². The number of phenols is 1. The summed E-state index contributed by atoms with van der Waals surface area (Å²) in [5.74, 6) is -5.37. The lowest BCUT2D eigenvalue weighted by Gasteiger charge is -2.08. The molecule has 0 aliphatic rings. The van der Waals surface area contributed by atoms with Gasteiger partial charge in [-0.25, -0.2) is 8.78 Å². The predicted molar refractivity (Wildman–Crippen MR) is 60.1 cm³/mol. The number of benzene rings is 1. The molecule has 0 fully saturated rings. The maximum absolute atomic E-state index is 13.0. The van der Waals surface area contributed by atoms with Gasteiger partial charge in [-0.2, -0.15) is 0 Å². The Bertz CT molecular complexity index is 484. The molecule has 1 aromatic carbocycles. The number of halogens is 2. The molecule has 0 saturated heterocycles. The zero-order chi connectivity index (χ0) is 14.6. The molecule has 0 aromatic heterocycles. The van der Waals surface area contributed by atoms with E-state index in [9.17, 15) is 18.4 Å². The second kappa shape index (κ2) is 6.10. The topological polar surface area (TPSA) is 113 Å². The Kier molecular flexibility index (Phi) is 4.76. The third-order valence-electron chi connectivity index (χ3n) is 2.29. The van der Waals surface area contributed by atoms with E-state index < -0.39 is 41.7 Å². The molecule has 0 aliphatic heterocycles. The van der Waals surface area contributed by atoms with E-state index >= 15 is 0 Å². The Morgan fingerprint density at radius 3 is 2.32 bits per heavy atom. The zero-order valence-corrected chi connectivity index (χ0v) is 9.69. The van der Waals surface area contributed by atoms with E-state index in [1.54, 1.807) is 0 Å². The highest BCUT2D eigenvalue weighted by atomic mass is 19.1. The minimum Gasteiger partial charge on any atom is -0.503 e. The van der Waals surface area contributed by atoms with Crippen LogP contribution in [0.3, 0.4) is 0 Å². The average Bonchev–Trinajstić information content (AvgIpc) is 2.33. The average molecular weight is 274 g/mol. The van der Waals surface area contributed by atoms with E-state index in [1.165, 1.54) is 0 Å². The number of hydrogen-bond acceptors (Lipinski definition) is 4. The molecule has 1 amide bonds. The monoisotopic (exact) mass is 274 g/mol. The molecule has 0 heterocycles. The van der Waals surface area contributed by atoms with E-state index in [4.69, 9.17) is 15.9 Å². The first kappa shape index (κ1) is 14.8. The maximum Gasteiger partial charge on any atom is 0.321 e. The maximum atomic E-state index is 13.0. The summed E-state index contributed by atoms with van der Waals surface area (Å²) in [7, 11) is 0. The molecule has 0 aliphatic carbocycles. The summed E-state index contributed by atoms with van der Waals surface area (Å²) in [6, 6.07) is 0.374. The van der Waals surface area contributed by atoms with Gasteiger partial charge in [0, 0.05) is 6.54 Å². The number of nitrogens with two attached hydrogens (primary N) is 1. The lowest BCUT2D eigenvalue weighted by atomic mass is 10.2. The Hall–Kier alpha value is -2.22. The number of amides is 1. The van der Waals surface area contributed by atoms with Crippen molar-refractivity contribution in [1.29, 1.82) is 0 Å². The van der Waals surface area contributed by atoms with Crippen molar-refractivity contribution < 1.29 is 28.6 Å². The number of hydrogen-bond donors (Lipinski definition) is 4. The first-order valence-corrected chi connectivity index (χ1v) is 5.23. The number of carboxylic acid groups (broad SMARTS) is 1. The van der Waals surface area contributed by atoms with Gasteiger partial charge in [-0.05, 0) is 17.7 Å². The van der Waals surface area contributed by atoms with Crippen LogP contribution in [0.2, 0.25) is 0 Å². The van der Waals surface area contributed by atoms with Gasteiger partial charge < -0.3 is 21.3 Å². The lowest BCUT2D eigenvalue weighted by Crippen LogP contribution is -2.36. The molecule has 8 heteroatoms. The largest absolute Gasteiger partial charge is 0.503 e.